The van der Waals surface area contributed by atoms with Crippen LogP contribution in [-0.4, -0.2) is 41.6 Å². The normalized spacial score (nSPS) is 20.3. The van der Waals surface area contributed by atoms with E-state index in [9.17, 15) is 14.4 Å². The van der Waals surface area contributed by atoms with Crippen LogP contribution in [0.4, 0.5) is 4.79 Å². The Morgan fingerprint density at radius 1 is 1.53 bits per heavy atom. The van der Waals surface area contributed by atoms with E-state index < -0.39 is 18.0 Å². The smallest absolute Gasteiger partial charge is 0.326 e. The molecule has 0 aromatic heterocycles. The Kier molecular flexibility index (Phi) is 6.11. The van der Waals surface area contributed by atoms with Crippen molar-refractivity contribution in [3.8, 4) is 0 Å². The van der Waals surface area contributed by atoms with Crippen molar-refractivity contribution in [2.24, 2.45) is 0 Å². The minimum Gasteiger partial charge on any atom is -0.480 e. The number of hydrogen-bond acceptors (Lipinski definition) is 3. The number of urea groups is 1. The number of rotatable bonds is 6. The van der Waals surface area contributed by atoms with Gasteiger partial charge in [0.2, 0.25) is 5.91 Å². The maximum absolute atomic E-state index is 11.7. The Bertz CT molecular complexity index is 336. The van der Waals surface area contributed by atoms with Gasteiger partial charge in [0.1, 0.15) is 6.04 Å². The summed E-state index contributed by atoms with van der Waals surface area (Å²) >= 11 is 0. The Hall–Kier alpha value is -1.79. The van der Waals surface area contributed by atoms with Gasteiger partial charge in [0.25, 0.3) is 0 Å². The van der Waals surface area contributed by atoms with Crippen LogP contribution in [0.15, 0.2) is 0 Å². The zero-order chi connectivity index (χ0) is 14.3. The molecule has 1 aliphatic heterocycles. The highest BCUT2D eigenvalue weighted by Crippen LogP contribution is 2.04. The average molecular weight is 271 g/mol. The van der Waals surface area contributed by atoms with Gasteiger partial charge >= 0.3 is 12.0 Å². The quantitative estimate of drug-likeness (QED) is 0.553. The molecule has 0 saturated carbocycles. The summed E-state index contributed by atoms with van der Waals surface area (Å²) < 4.78 is 0. The van der Waals surface area contributed by atoms with Crippen LogP contribution in [0.3, 0.4) is 0 Å². The monoisotopic (exact) mass is 271 g/mol. The molecule has 0 bridgehead atoms. The summed E-state index contributed by atoms with van der Waals surface area (Å²) in [6.07, 6.45) is 2.99. The molecule has 7 heteroatoms. The van der Waals surface area contributed by atoms with Gasteiger partial charge in [-0.15, -0.1) is 0 Å². The van der Waals surface area contributed by atoms with Crippen LogP contribution >= 0.6 is 0 Å². The van der Waals surface area contributed by atoms with E-state index in [2.05, 4.69) is 16.0 Å². The van der Waals surface area contributed by atoms with E-state index in [1.807, 2.05) is 6.92 Å². The maximum atomic E-state index is 11.7. The van der Waals surface area contributed by atoms with Gasteiger partial charge in [-0.25, -0.2) is 9.59 Å². The predicted molar refractivity (Wildman–Crippen MR) is 68.6 cm³/mol. The van der Waals surface area contributed by atoms with Gasteiger partial charge in [0, 0.05) is 19.0 Å². The molecule has 7 nitrogen and oxygen atoms in total. The Balaban J connectivity index is 2.35. The summed E-state index contributed by atoms with van der Waals surface area (Å²) in [6, 6.07) is -1.50. The summed E-state index contributed by atoms with van der Waals surface area (Å²) in [5, 5.41) is 16.8. The first-order valence-electron chi connectivity index (χ1n) is 6.59. The highest BCUT2D eigenvalue weighted by Gasteiger charge is 2.23. The number of nitrogens with one attached hydrogen (secondary N) is 3. The average Bonchev–Trinajstić information content (AvgIpc) is 2.37. The molecule has 0 aromatic rings. The highest BCUT2D eigenvalue weighted by molar-refractivity contribution is 5.83. The molecular weight excluding hydrogens is 250 g/mol. The number of carbonyl (C=O) groups is 3. The minimum atomic E-state index is -1.03. The largest absolute Gasteiger partial charge is 0.480 e. The van der Waals surface area contributed by atoms with E-state index in [0.29, 0.717) is 25.8 Å². The molecule has 1 heterocycles. The SMILES string of the molecule is CCCCC(NC(=O)NC1CCC(=O)NC1)C(=O)O. The van der Waals surface area contributed by atoms with Crippen LogP contribution in [0.2, 0.25) is 0 Å². The third kappa shape index (κ3) is 5.58. The molecule has 1 aliphatic rings. The van der Waals surface area contributed by atoms with Crippen LogP contribution in [0.25, 0.3) is 0 Å². The standard InChI is InChI=1S/C12H21N3O4/c1-2-3-4-9(11(17)18)15-12(19)14-8-5-6-10(16)13-7-8/h8-9H,2-7H2,1H3,(H,13,16)(H,17,18)(H2,14,15,19). The number of carbonyl (C=O) groups excluding carboxylic acids is 2. The molecule has 2 unspecified atom stereocenters. The van der Waals surface area contributed by atoms with E-state index in [1.54, 1.807) is 0 Å². The molecule has 0 spiro atoms. The molecule has 1 saturated heterocycles. The van der Waals surface area contributed by atoms with Crippen molar-refractivity contribution in [1.82, 2.24) is 16.0 Å². The lowest BCUT2D eigenvalue weighted by Crippen LogP contribution is -2.53. The molecule has 0 radical (unpaired) electrons. The first-order chi connectivity index (χ1) is 9.02. The second kappa shape index (κ2) is 7.60. The number of unbranched alkanes of at least 4 members (excludes halogenated alkanes) is 1. The van der Waals surface area contributed by atoms with Gasteiger partial charge in [0.15, 0.2) is 0 Å². The molecular formula is C12H21N3O4. The number of carboxylic acids is 1. The molecule has 2 atom stereocenters. The van der Waals surface area contributed by atoms with Crippen LogP contribution in [0.5, 0.6) is 0 Å². The lowest BCUT2D eigenvalue weighted by Gasteiger charge is -2.24. The molecule has 1 rings (SSSR count). The Morgan fingerprint density at radius 2 is 2.26 bits per heavy atom. The molecule has 0 aliphatic carbocycles. The summed E-state index contributed by atoms with van der Waals surface area (Å²) in [5.74, 6) is -1.05. The van der Waals surface area contributed by atoms with Crippen molar-refractivity contribution in [3.63, 3.8) is 0 Å². The van der Waals surface area contributed by atoms with Crippen molar-refractivity contribution in [1.29, 1.82) is 0 Å². The fraction of sp³-hybridized carbons (Fsp3) is 0.750. The van der Waals surface area contributed by atoms with Crippen molar-refractivity contribution >= 4 is 17.9 Å². The van der Waals surface area contributed by atoms with Gasteiger partial charge < -0.3 is 21.1 Å². The molecule has 0 aromatic carbocycles. The van der Waals surface area contributed by atoms with E-state index in [0.717, 1.165) is 12.8 Å². The fourth-order valence-corrected chi connectivity index (χ4v) is 1.91. The number of amides is 3. The summed E-state index contributed by atoms with van der Waals surface area (Å²) in [7, 11) is 0. The topological polar surface area (TPSA) is 108 Å². The van der Waals surface area contributed by atoms with Gasteiger partial charge in [-0.3, -0.25) is 4.79 Å². The van der Waals surface area contributed by atoms with Gasteiger partial charge in [-0.1, -0.05) is 19.8 Å². The highest BCUT2D eigenvalue weighted by atomic mass is 16.4. The predicted octanol–water partition coefficient (Wildman–Crippen LogP) is 0.208. The number of carboxylic acid groups (broad SMARTS) is 1. The number of hydrogen-bond donors (Lipinski definition) is 4. The van der Waals surface area contributed by atoms with Gasteiger partial charge in [-0.05, 0) is 12.8 Å². The molecule has 1 fully saturated rings. The Labute approximate surface area is 112 Å². The van der Waals surface area contributed by atoms with Gasteiger partial charge in [0.05, 0.1) is 0 Å². The van der Waals surface area contributed by atoms with E-state index in [4.69, 9.17) is 5.11 Å². The number of piperidine rings is 1. The molecule has 4 N–H and O–H groups in total. The van der Waals surface area contributed by atoms with E-state index in [1.165, 1.54) is 0 Å². The van der Waals surface area contributed by atoms with Gasteiger partial charge in [-0.2, -0.15) is 0 Å². The molecule has 3 amide bonds. The second-order valence-corrected chi connectivity index (χ2v) is 4.69. The zero-order valence-corrected chi connectivity index (χ0v) is 11.1. The first kappa shape index (κ1) is 15.3. The second-order valence-electron chi connectivity index (χ2n) is 4.69. The van der Waals surface area contributed by atoms with Crippen LogP contribution in [0, 0.1) is 0 Å². The summed E-state index contributed by atoms with van der Waals surface area (Å²) in [6.45, 7) is 2.35. The summed E-state index contributed by atoms with van der Waals surface area (Å²) in [4.78, 5) is 33.6. The maximum Gasteiger partial charge on any atom is 0.326 e. The minimum absolute atomic E-state index is 0.0233. The molecule has 108 valence electrons. The van der Waals surface area contributed by atoms with Crippen molar-refractivity contribution in [2.45, 2.75) is 51.1 Å². The summed E-state index contributed by atoms with van der Waals surface area (Å²) in [5.41, 5.74) is 0. The van der Waals surface area contributed by atoms with E-state index >= 15 is 0 Å². The zero-order valence-electron chi connectivity index (χ0n) is 11.1. The third-order valence-electron chi connectivity index (χ3n) is 3.05. The van der Waals surface area contributed by atoms with Crippen molar-refractivity contribution in [2.75, 3.05) is 6.54 Å². The third-order valence-corrected chi connectivity index (χ3v) is 3.05. The fourth-order valence-electron chi connectivity index (χ4n) is 1.91. The molecule has 19 heavy (non-hydrogen) atoms. The number of aliphatic carboxylic acids is 1. The van der Waals surface area contributed by atoms with Crippen LogP contribution in [-0.2, 0) is 9.59 Å². The van der Waals surface area contributed by atoms with E-state index in [-0.39, 0.29) is 11.9 Å². The van der Waals surface area contributed by atoms with Crippen molar-refractivity contribution in [3.05, 3.63) is 0 Å². The lowest BCUT2D eigenvalue weighted by atomic mass is 10.1. The Morgan fingerprint density at radius 3 is 2.79 bits per heavy atom. The van der Waals surface area contributed by atoms with Crippen LogP contribution in [0.1, 0.15) is 39.0 Å². The van der Waals surface area contributed by atoms with Crippen molar-refractivity contribution < 1.29 is 19.5 Å². The first-order valence-corrected chi connectivity index (χ1v) is 6.59. The van der Waals surface area contributed by atoms with Crippen LogP contribution < -0.4 is 16.0 Å². The lowest BCUT2D eigenvalue weighted by molar-refractivity contribution is -0.139.